The van der Waals surface area contributed by atoms with Crippen molar-refractivity contribution in [2.45, 2.75) is 50.6 Å². The van der Waals surface area contributed by atoms with Gasteiger partial charge in [0.1, 0.15) is 0 Å². The van der Waals surface area contributed by atoms with Gasteiger partial charge in [0.15, 0.2) is 0 Å². The van der Waals surface area contributed by atoms with Crippen molar-refractivity contribution in [3.63, 3.8) is 0 Å². The van der Waals surface area contributed by atoms with Crippen molar-refractivity contribution in [2.75, 3.05) is 58.2 Å². The van der Waals surface area contributed by atoms with Crippen molar-refractivity contribution in [2.24, 2.45) is 0 Å². The number of anilines is 1. The molecular formula is C32H43N7O3S. The fraction of sp³-hybridized carbons (Fsp3) is 0.500. The fourth-order valence-corrected chi connectivity index (χ4v) is 6.30. The Kier molecular flexibility index (Phi) is 10.2. The first-order valence-electron chi connectivity index (χ1n) is 15.2. The van der Waals surface area contributed by atoms with E-state index in [1.807, 2.05) is 23.1 Å². The lowest BCUT2D eigenvalue weighted by atomic mass is 9.87. The molecule has 5 rings (SSSR count). The molecule has 2 fully saturated rings. The van der Waals surface area contributed by atoms with E-state index in [9.17, 15) is 14.4 Å². The number of piperidine rings is 1. The summed E-state index contributed by atoms with van der Waals surface area (Å²) in [6, 6.07) is 15.4. The molecule has 2 aliphatic rings. The van der Waals surface area contributed by atoms with Gasteiger partial charge in [-0.1, -0.05) is 50.1 Å². The van der Waals surface area contributed by atoms with Gasteiger partial charge < -0.3 is 20.0 Å². The number of rotatable bonds is 10. The minimum absolute atomic E-state index is 0.0484. The van der Waals surface area contributed by atoms with Crippen molar-refractivity contribution in [3.8, 4) is 0 Å². The molecule has 2 saturated heterocycles. The Morgan fingerprint density at radius 1 is 1.02 bits per heavy atom. The number of likely N-dealkylation sites (N-methyl/N-ethyl adjacent to an activating group) is 1. The zero-order chi connectivity index (χ0) is 30.4. The molecule has 3 aromatic rings. The number of hydrogen-bond donors (Lipinski definition) is 3. The van der Waals surface area contributed by atoms with Crippen LogP contribution >= 0.6 is 12.8 Å². The van der Waals surface area contributed by atoms with E-state index >= 15 is 0 Å². The third-order valence-electron chi connectivity index (χ3n) is 8.99. The summed E-state index contributed by atoms with van der Waals surface area (Å²) >= 11 is 4.44. The van der Waals surface area contributed by atoms with Crippen LogP contribution in [0.3, 0.4) is 0 Å². The van der Waals surface area contributed by atoms with Gasteiger partial charge in [0.2, 0.25) is 11.8 Å². The first-order chi connectivity index (χ1) is 20.7. The van der Waals surface area contributed by atoms with Gasteiger partial charge in [-0.05, 0) is 49.6 Å². The molecule has 43 heavy (non-hydrogen) atoms. The van der Waals surface area contributed by atoms with Gasteiger partial charge in [-0.3, -0.25) is 23.7 Å². The number of carbonyl (C=O) groups excluding carboxylic acids is 2. The van der Waals surface area contributed by atoms with Crippen LogP contribution in [0.5, 0.6) is 0 Å². The molecule has 0 aliphatic carbocycles. The van der Waals surface area contributed by atoms with Gasteiger partial charge in [0.25, 0.3) is 5.56 Å². The lowest BCUT2D eigenvalue weighted by molar-refractivity contribution is -0.133. The molecule has 1 atom stereocenters. The van der Waals surface area contributed by atoms with Crippen LogP contribution in [0.25, 0.3) is 10.9 Å². The predicted octanol–water partition coefficient (Wildman–Crippen LogP) is 2.96. The van der Waals surface area contributed by atoms with E-state index in [1.165, 1.54) is 0 Å². The Morgan fingerprint density at radius 2 is 1.74 bits per heavy atom. The van der Waals surface area contributed by atoms with Crippen molar-refractivity contribution in [1.82, 2.24) is 29.0 Å². The van der Waals surface area contributed by atoms with Crippen LogP contribution in [-0.4, -0.2) is 94.5 Å². The van der Waals surface area contributed by atoms with E-state index in [4.69, 9.17) is 0 Å². The standard InChI is InChI=1S/C32H43N7O3S/c1-24(25-6-4-3-5-7-25)20-30(41)38-14-11-32(35-43,12-15-38)22-39-23-33-28-21-26(8-9-27(28)31(39)42)34-29(40)10-13-37-18-16-36(2)17-19-37/h3-9,21,23-24,35,43H,10-20,22H2,1-2H3,(H,34,40)/t24-/m1/s1. The summed E-state index contributed by atoms with van der Waals surface area (Å²) < 4.78 is 4.77. The van der Waals surface area contributed by atoms with E-state index in [2.05, 4.69) is 63.7 Å². The molecule has 1 aromatic heterocycles. The van der Waals surface area contributed by atoms with Gasteiger partial charge in [-0.15, -0.1) is 0 Å². The minimum Gasteiger partial charge on any atom is -0.343 e. The Bertz CT molecular complexity index is 1460. The number of likely N-dealkylation sites (tertiary alicyclic amines) is 1. The Morgan fingerprint density at radius 3 is 2.44 bits per heavy atom. The maximum absolute atomic E-state index is 13.4. The molecule has 2 aromatic carbocycles. The van der Waals surface area contributed by atoms with Crippen LogP contribution in [0.15, 0.2) is 59.7 Å². The van der Waals surface area contributed by atoms with E-state index in [0.29, 0.717) is 61.9 Å². The van der Waals surface area contributed by atoms with Gasteiger partial charge in [0.05, 0.1) is 17.2 Å². The van der Waals surface area contributed by atoms with Crippen LogP contribution in [-0.2, 0) is 16.1 Å². The number of amides is 2. The second-order valence-electron chi connectivity index (χ2n) is 12.1. The van der Waals surface area contributed by atoms with Crippen molar-refractivity contribution >= 4 is 41.2 Å². The number of hydrogen-bond acceptors (Lipinski definition) is 8. The first kappa shape index (κ1) is 31.2. The summed E-state index contributed by atoms with van der Waals surface area (Å²) in [4.78, 5) is 50.1. The maximum Gasteiger partial charge on any atom is 0.261 e. The van der Waals surface area contributed by atoms with Crippen LogP contribution in [0.1, 0.15) is 44.1 Å². The summed E-state index contributed by atoms with van der Waals surface area (Å²) in [5.74, 6) is 0.255. The van der Waals surface area contributed by atoms with E-state index in [1.54, 1.807) is 29.1 Å². The highest BCUT2D eigenvalue weighted by atomic mass is 32.1. The Labute approximate surface area is 259 Å². The van der Waals surface area contributed by atoms with Crippen molar-refractivity contribution in [1.29, 1.82) is 0 Å². The molecule has 0 saturated carbocycles. The zero-order valence-corrected chi connectivity index (χ0v) is 26.1. The maximum atomic E-state index is 13.4. The molecule has 2 aliphatic heterocycles. The summed E-state index contributed by atoms with van der Waals surface area (Å²) in [7, 11) is 2.11. The minimum atomic E-state index is -0.443. The molecule has 0 radical (unpaired) electrons. The van der Waals surface area contributed by atoms with Gasteiger partial charge >= 0.3 is 0 Å². The third kappa shape index (κ3) is 7.83. The summed E-state index contributed by atoms with van der Waals surface area (Å²) in [5, 5.41) is 3.45. The Hall–Kier alpha value is -3.25. The monoisotopic (exact) mass is 605 g/mol. The first-order valence-corrected chi connectivity index (χ1v) is 15.6. The molecule has 10 nitrogen and oxygen atoms in total. The van der Waals surface area contributed by atoms with E-state index in [0.717, 1.165) is 38.3 Å². The second kappa shape index (κ2) is 14.0. The molecule has 11 heteroatoms. The molecule has 0 unspecified atom stereocenters. The average Bonchev–Trinajstić information content (AvgIpc) is 3.03. The van der Waals surface area contributed by atoms with Crippen LogP contribution in [0, 0.1) is 0 Å². The molecular weight excluding hydrogens is 562 g/mol. The second-order valence-corrected chi connectivity index (χ2v) is 12.4. The van der Waals surface area contributed by atoms with Gasteiger partial charge in [-0.25, -0.2) is 4.98 Å². The SMILES string of the molecule is C[C@H](CC(=O)N1CCC(Cn2cnc3cc(NC(=O)CCN4CCN(C)CC4)ccc3c2=O)(NS)CC1)c1ccccc1. The molecule has 2 N–H and O–H groups in total. The molecule has 230 valence electrons. The van der Waals surface area contributed by atoms with Crippen LogP contribution in [0.4, 0.5) is 5.69 Å². The smallest absolute Gasteiger partial charge is 0.261 e. The number of carbonyl (C=O) groups is 2. The summed E-state index contributed by atoms with van der Waals surface area (Å²) in [6.07, 6.45) is 3.80. The van der Waals surface area contributed by atoms with Gasteiger partial charge in [-0.2, -0.15) is 0 Å². The van der Waals surface area contributed by atoms with Crippen molar-refractivity contribution < 1.29 is 9.59 Å². The van der Waals surface area contributed by atoms with Crippen LogP contribution in [0.2, 0.25) is 0 Å². The number of nitrogens with zero attached hydrogens (tertiary/aromatic N) is 5. The van der Waals surface area contributed by atoms with E-state index in [-0.39, 0.29) is 23.3 Å². The highest BCUT2D eigenvalue weighted by Gasteiger charge is 2.36. The topological polar surface area (TPSA) is 103 Å². The highest BCUT2D eigenvalue weighted by molar-refractivity contribution is 7.78. The number of fused-ring (bicyclic) bond motifs is 1. The number of thiol groups is 1. The quantitative estimate of drug-likeness (QED) is 0.306. The normalized spacial score (nSPS) is 18.4. The molecule has 2 amide bonds. The number of benzene rings is 2. The third-order valence-corrected chi connectivity index (χ3v) is 9.47. The van der Waals surface area contributed by atoms with Gasteiger partial charge in [0, 0.05) is 76.4 Å². The molecule has 3 heterocycles. The summed E-state index contributed by atoms with van der Waals surface area (Å²) in [5.41, 5.74) is 1.75. The lowest BCUT2D eigenvalue weighted by Crippen LogP contribution is -2.55. The van der Waals surface area contributed by atoms with Crippen molar-refractivity contribution in [3.05, 3.63) is 70.8 Å². The average molecular weight is 606 g/mol. The lowest BCUT2D eigenvalue weighted by Gasteiger charge is -2.41. The van der Waals surface area contributed by atoms with Crippen LogP contribution < -0.4 is 15.6 Å². The predicted molar refractivity (Wildman–Crippen MR) is 173 cm³/mol. The number of nitrogens with one attached hydrogen (secondary N) is 2. The number of aromatic nitrogens is 2. The highest BCUT2D eigenvalue weighted by Crippen LogP contribution is 2.27. The number of piperazine rings is 1. The van der Waals surface area contributed by atoms with E-state index < -0.39 is 5.54 Å². The Balaban J connectivity index is 1.17. The largest absolute Gasteiger partial charge is 0.343 e. The summed E-state index contributed by atoms with van der Waals surface area (Å²) in [6.45, 7) is 8.40. The zero-order valence-electron chi connectivity index (χ0n) is 25.2. The molecule has 0 bridgehead atoms. The fourth-order valence-electron chi connectivity index (χ4n) is 6.01. The molecule has 0 spiro atoms.